The Morgan fingerprint density at radius 2 is 2.03 bits per heavy atom. The first kappa shape index (κ1) is 22.9. The Morgan fingerprint density at radius 3 is 2.67 bits per heavy atom. The molecule has 2 aliphatic heterocycles. The van der Waals surface area contributed by atoms with E-state index in [1.165, 1.54) is 44.8 Å². The molecule has 0 radical (unpaired) electrons. The summed E-state index contributed by atoms with van der Waals surface area (Å²) in [4.78, 5) is 14.1. The van der Waals surface area contributed by atoms with E-state index in [0.29, 0.717) is 46.2 Å². The molecule has 2 aliphatic carbocycles. The van der Waals surface area contributed by atoms with Crippen molar-refractivity contribution in [2.24, 2.45) is 11.3 Å². The zero-order valence-electron chi connectivity index (χ0n) is 19.0. The van der Waals surface area contributed by atoms with Gasteiger partial charge in [0.25, 0.3) is 5.91 Å². The molecule has 2 N–H and O–H groups in total. The van der Waals surface area contributed by atoms with Crippen molar-refractivity contribution >= 4 is 21.8 Å². The molecule has 1 amide bonds. The minimum Gasteiger partial charge on any atom is -0.506 e. The number of fused-ring (bicyclic) bond motifs is 1. The molecule has 1 saturated carbocycles. The normalized spacial score (nSPS) is 26.8. The van der Waals surface area contributed by atoms with E-state index in [0.717, 1.165) is 13.0 Å². The van der Waals surface area contributed by atoms with E-state index in [9.17, 15) is 18.3 Å². The van der Waals surface area contributed by atoms with Gasteiger partial charge in [-0.25, -0.2) is 13.4 Å². The molecular formula is C23H32FN3O5S. The number of hydrogen-bond donors (Lipinski definition) is 2. The number of phenols is 1. The molecule has 1 atom stereocenters. The molecule has 1 unspecified atom stereocenters. The molecule has 0 aromatic heterocycles. The van der Waals surface area contributed by atoms with Gasteiger partial charge in [0.15, 0.2) is 5.82 Å². The van der Waals surface area contributed by atoms with Crippen molar-refractivity contribution in [3.05, 3.63) is 23.0 Å². The smallest absolute Gasteiger partial charge is 0.326 e. The second-order valence-corrected chi connectivity index (χ2v) is 11.7. The van der Waals surface area contributed by atoms with Gasteiger partial charge in [-0.1, -0.05) is 6.92 Å². The molecule has 8 nitrogen and oxygen atoms in total. The average molecular weight is 482 g/mol. The van der Waals surface area contributed by atoms with E-state index < -0.39 is 39.9 Å². The van der Waals surface area contributed by atoms with Crippen LogP contribution in [0, 0.1) is 17.2 Å². The fourth-order valence-electron chi connectivity index (χ4n) is 6.14. The second kappa shape index (κ2) is 8.39. The number of halogens is 1. The van der Waals surface area contributed by atoms with Crippen molar-refractivity contribution in [1.29, 1.82) is 0 Å². The molecule has 1 aromatic carbocycles. The Morgan fingerprint density at radius 1 is 1.30 bits per heavy atom. The maximum absolute atomic E-state index is 15.4. The number of likely N-dealkylation sites (tertiary alicyclic amines) is 1. The summed E-state index contributed by atoms with van der Waals surface area (Å²) in [7, 11) is -4.21. The minimum atomic E-state index is -4.21. The van der Waals surface area contributed by atoms with Crippen molar-refractivity contribution in [2.45, 2.75) is 58.0 Å². The lowest BCUT2D eigenvalue weighted by Gasteiger charge is -2.52. The summed E-state index contributed by atoms with van der Waals surface area (Å²) in [5, 5.41) is 10.3. The fourth-order valence-corrected chi connectivity index (χ4v) is 7.30. The van der Waals surface area contributed by atoms with Crippen molar-refractivity contribution in [1.82, 2.24) is 9.62 Å². The Bertz CT molecular complexity index is 1050. The lowest BCUT2D eigenvalue weighted by molar-refractivity contribution is -0.117. The van der Waals surface area contributed by atoms with Gasteiger partial charge in [-0.3, -0.25) is 4.79 Å². The quantitative estimate of drug-likeness (QED) is 0.668. The van der Waals surface area contributed by atoms with E-state index in [4.69, 9.17) is 4.74 Å². The Labute approximate surface area is 194 Å². The van der Waals surface area contributed by atoms with Crippen LogP contribution in [-0.2, 0) is 32.6 Å². The van der Waals surface area contributed by atoms with Gasteiger partial charge in [-0.05, 0) is 86.7 Å². The molecule has 2 heterocycles. The molecule has 4 aliphatic rings. The van der Waals surface area contributed by atoms with Crippen LogP contribution in [0.5, 0.6) is 5.75 Å². The van der Waals surface area contributed by atoms with E-state index >= 15 is 4.39 Å². The van der Waals surface area contributed by atoms with Crippen LogP contribution in [0.25, 0.3) is 0 Å². The molecule has 1 aromatic rings. The Balaban J connectivity index is 1.22. The third-order valence-corrected chi connectivity index (χ3v) is 9.40. The van der Waals surface area contributed by atoms with Crippen molar-refractivity contribution in [2.75, 3.05) is 37.1 Å². The molecule has 5 rings (SSSR count). The molecule has 182 valence electrons. The maximum Gasteiger partial charge on any atom is 0.326 e. The molecule has 10 heteroatoms. The zero-order valence-corrected chi connectivity index (χ0v) is 19.8. The number of nitrogens with one attached hydrogen (secondary N) is 1. The van der Waals surface area contributed by atoms with Gasteiger partial charge in [0.2, 0.25) is 0 Å². The molecule has 1 spiro atoms. The van der Waals surface area contributed by atoms with Crippen LogP contribution in [0.4, 0.5) is 10.1 Å². The molecule has 3 fully saturated rings. The number of piperidine rings is 1. The Kier molecular flexibility index (Phi) is 5.81. The highest BCUT2D eigenvalue weighted by molar-refractivity contribution is 7.92. The van der Waals surface area contributed by atoms with Gasteiger partial charge in [-0.2, -0.15) is 8.42 Å². The van der Waals surface area contributed by atoms with Gasteiger partial charge in [0, 0.05) is 13.0 Å². The molecule has 33 heavy (non-hydrogen) atoms. The SMILES string of the molecule is CCN1CCC2(CC1)CC(COC1CCc3cc(O)c(N4CC(=O)NS4(=O)=O)c(F)c3C1)C2. The first-order valence-electron chi connectivity index (χ1n) is 11.9. The largest absolute Gasteiger partial charge is 0.506 e. The third-order valence-electron chi connectivity index (χ3n) is 8.03. The number of amides is 1. The summed E-state index contributed by atoms with van der Waals surface area (Å²) in [6.45, 7) is 5.83. The van der Waals surface area contributed by atoms with Crippen LogP contribution in [0.3, 0.4) is 0 Å². The number of rotatable bonds is 5. The lowest BCUT2D eigenvalue weighted by Crippen LogP contribution is -2.48. The number of ether oxygens (including phenoxy) is 1. The van der Waals surface area contributed by atoms with Crippen LogP contribution < -0.4 is 9.03 Å². The molecular weight excluding hydrogens is 449 g/mol. The van der Waals surface area contributed by atoms with Crippen molar-refractivity contribution in [3.8, 4) is 5.75 Å². The van der Waals surface area contributed by atoms with Gasteiger partial charge >= 0.3 is 10.2 Å². The topological polar surface area (TPSA) is 99.2 Å². The summed E-state index contributed by atoms with van der Waals surface area (Å²) in [6.07, 6.45) is 6.41. The van der Waals surface area contributed by atoms with Crippen molar-refractivity contribution in [3.63, 3.8) is 0 Å². The third kappa shape index (κ3) is 4.21. The first-order chi connectivity index (χ1) is 15.7. The standard InChI is InChI=1S/C23H32FN3O5S/c1-2-26-7-5-23(6-8-26)11-15(12-23)14-32-17-4-3-16-9-19(28)22(21(24)18(16)10-17)27-13-20(29)25-33(27,30)31/h9,15,17,28H,2-8,10-14H2,1H3,(H,25,29). The number of carbonyl (C=O) groups excluding carboxylic acids is 1. The van der Waals surface area contributed by atoms with E-state index in [-0.39, 0.29) is 6.10 Å². The number of anilines is 1. The predicted molar refractivity (Wildman–Crippen MR) is 121 cm³/mol. The van der Waals surface area contributed by atoms with E-state index in [1.54, 1.807) is 0 Å². The number of aromatic hydroxyl groups is 1. The number of phenolic OH excluding ortho intramolecular Hbond substituents is 1. The summed E-state index contributed by atoms with van der Waals surface area (Å²) >= 11 is 0. The monoisotopic (exact) mass is 481 g/mol. The predicted octanol–water partition coefficient (Wildman–Crippen LogP) is 2.10. The fraction of sp³-hybridized carbons (Fsp3) is 0.696. The van der Waals surface area contributed by atoms with E-state index in [1.807, 2.05) is 4.72 Å². The van der Waals surface area contributed by atoms with Gasteiger partial charge < -0.3 is 14.7 Å². The summed E-state index contributed by atoms with van der Waals surface area (Å²) in [5.74, 6) is -1.47. The van der Waals surface area contributed by atoms with Crippen molar-refractivity contribution < 1.29 is 27.4 Å². The number of carbonyl (C=O) groups is 1. The number of nitrogens with zero attached hydrogens (tertiary/aromatic N) is 2. The maximum atomic E-state index is 15.4. The molecule has 0 bridgehead atoms. The summed E-state index contributed by atoms with van der Waals surface area (Å²) < 4.78 is 48.4. The Hall–Kier alpha value is -1.91. The number of hydrogen-bond acceptors (Lipinski definition) is 6. The number of aryl methyl sites for hydroxylation is 1. The second-order valence-electron chi connectivity index (χ2n) is 10.1. The highest BCUT2D eigenvalue weighted by atomic mass is 32.2. The summed E-state index contributed by atoms with van der Waals surface area (Å²) in [5.41, 5.74) is 1.05. The average Bonchev–Trinajstić information content (AvgIpc) is 3.03. The lowest BCUT2D eigenvalue weighted by atomic mass is 9.58. The highest BCUT2D eigenvalue weighted by Crippen LogP contribution is 2.52. The highest BCUT2D eigenvalue weighted by Gasteiger charge is 2.46. The van der Waals surface area contributed by atoms with Gasteiger partial charge in [0.1, 0.15) is 18.0 Å². The van der Waals surface area contributed by atoms with Crippen LogP contribution in [-0.4, -0.2) is 63.2 Å². The first-order valence-corrected chi connectivity index (χ1v) is 13.3. The van der Waals surface area contributed by atoms with Crippen LogP contribution >= 0.6 is 0 Å². The molecule has 2 saturated heterocycles. The number of benzene rings is 1. The van der Waals surface area contributed by atoms with Gasteiger partial charge in [-0.15, -0.1) is 0 Å². The van der Waals surface area contributed by atoms with Crippen LogP contribution in [0.15, 0.2) is 6.07 Å². The van der Waals surface area contributed by atoms with E-state index in [2.05, 4.69) is 11.8 Å². The van der Waals surface area contributed by atoms with Crippen LogP contribution in [0.2, 0.25) is 0 Å². The summed E-state index contributed by atoms with van der Waals surface area (Å²) in [6, 6.07) is 1.42. The minimum absolute atomic E-state index is 0.141. The zero-order chi connectivity index (χ0) is 23.4. The van der Waals surface area contributed by atoms with Gasteiger partial charge in [0.05, 0.1) is 6.10 Å². The van der Waals surface area contributed by atoms with Crippen LogP contribution in [0.1, 0.15) is 50.2 Å².